The van der Waals surface area contributed by atoms with Crippen molar-refractivity contribution >= 4 is 14.2 Å². The van der Waals surface area contributed by atoms with Crippen LogP contribution in [0.1, 0.15) is 8.35 Å². The van der Waals surface area contributed by atoms with Crippen molar-refractivity contribution in [1.29, 1.82) is 0 Å². The molecule has 0 aliphatic heterocycles. The topological polar surface area (TPSA) is 47.9 Å². The van der Waals surface area contributed by atoms with Crippen LogP contribution in [0.2, 0.25) is 0 Å². The minimum atomic E-state index is -1.52. The Morgan fingerprint density at radius 1 is 1.73 bits per heavy atom. The van der Waals surface area contributed by atoms with Gasteiger partial charge in [-0.15, -0.1) is 4.52 Å². The Morgan fingerprint density at radius 2 is 2.36 bits per heavy atom. The summed E-state index contributed by atoms with van der Waals surface area (Å²) in [6.07, 6.45) is 1.43. The molecule has 0 bridgehead atoms. The third-order valence-electron chi connectivity index (χ3n) is 0.609. The van der Waals surface area contributed by atoms with Gasteiger partial charge < -0.3 is 6.26 Å². The first-order chi connectivity index (χ1) is 4.77. The van der Waals surface area contributed by atoms with Crippen molar-refractivity contribution in [2.24, 2.45) is 5.16 Å². The number of hydrogen-bond acceptors (Lipinski definition) is 4. The maximum Gasteiger partial charge on any atom is 1.00 e. The summed E-state index contributed by atoms with van der Waals surface area (Å²) in [5.74, 6) is 0. The SMILES string of the molecule is CCON=CCO[P+](C)=O.[H-].[Na+]. The van der Waals surface area contributed by atoms with Gasteiger partial charge in [0.25, 0.3) is 0 Å². The number of oxime groups is 1. The van der Waals surface area contributed by atoms with Gasteiger partial charge in [-0.25, -0.2) is 0 Å². The Morgan fingerprint density at radius 3 is 2.82 bits per heavy atom. The van der Waals surface area contributed by atoms with E-state index in [0.29, 0.717) is 6.61 Å². The van der Waals surface area contributed by atoms with E-state index in [1.807, 2.05) is 6.92 Å². The summed E-state index contributed by atoms with van der Waals surface area (Å²) in [5, 5.41) is 3.48. The van der Waals surface area contributed by atoms with E-state index in [1.165, 1.54) is 12.9 Å². The van der Waals surface area contributed by atoms with E-state index in [4.69, 9.17) is 0 Å². The van der Waals surface area contributed by atoms with E-state index >= 15 is 0 Å². The zero-order valence-electron chi connectivity index (χ0n) is 8.11. The summed E-state index contributed by atoms with van der Waals surface area (Å²) in [4.78, 5) is 4.61. The van der Waals surface area contributed by atoms with Crippen LogP contribution >= 0.6 is 8.03 Å². The van der Waals surface area contributed by atoms with Crippen molar-refractivity contribution in [1.82, 2.24) is 0 Å². The van der Waals surface area contributed by atoms with Gasteiger partial charge in [0.15, 0.2) is 6.66 Å². The van der Waals surface area contributed by atoms with E-state index in [-0.39, 0.29) is 37.6 Å². The second-order valence-corrected chi connectivity index (χ2v) is 2.58. The van der Waals surface area contributed by atoms with Crippen molar-refractivity contribution in [3.8, 4) is 0 Å². The molecule has 1 atom stereocenters. The van der Waals surface area contributed by atoms with Crippen LogP contribution in [0.15, 0.2) is 5.16 Å². The summed E-state index contributed by atoms with van der Waals surface area (Å²) in [6, 6.07) is 0. The first-order valence-corrected chi connectivity index (χ1v) is 4.57. The van der Waals surface area contributed by atoms with Gasteiger partial charge >= 0.3 is 37.6 Å². The minimum Gasteiger partial charge on any atom is -1.00 e. The van der Waals surface area contributed by atoms with Gasteiger partial charge in [0.2, 0.25) is 0 Å². The van der Waals surface area contributed by atoms with Crippen molar-refractivity contribution in [3.63, 3.8) is 0 Å². The molecule has 4 nitrogen and oxygen atoms in total. The van der Waals surface area contributed by atoms with Gasteiger partial charge in [-0.1, -0.05) is 5.16 Å². The molecule has 0 aliphatic rings. The third kappa shape index (κ3) is 13.5. The van der Waals surface area contributed by atoms with Crippen LogP contribution < -0.4 is 29.6 Å². The molecule has 0 amide bonds. The van der Waals surface area contributed by atoms with E-state index < -0.39 is 8.03 Å². The van der Waals surface area contributed by atoms with Gasteiger partial charge in [0.05, 0.1) is 6.21 Å². The van der Waals surface area contributed by atoms with Crippen LogP contribution in [0.4, 0.5) is 0 Å². The summed E-state index contributed by atoms with van der Waals surface area (Å²) in [6.45, 7) is 4.10. The van der Waals surface area contributed by atoms with Crippen molar-refractivity contribution < 1.29 is 44.9 Å². The Kier molecular flexibility index (Phi) is 13.5. The largest absolute Gasteiger partial charge is 1.00 e. The maximum atomic E-state index is 10.3. The van der Waals surface area contributed by atoms with Crippen LogP contribution in [0.25, 0.3) is 0 Å². The van der Waals surface area contributed by atoms with Gasteiger partial charge in [-0.3, -0.25) is 0 Å². The van der Waals surface area contributed by atoms with Crippen molar-refractivity contribution in [3.05, 3.63) is 0 Å². The van der Waals surface area contributed by atoms with E-state index in [2.05, 4.69) is 14.5 Å². The zero-order chi connectivity index (χ0) is 7.82. The molecule has 60 valence electrons. The maximum absolute atomic E-state index is 10.3. The Hall–Kier alpha value is 0.530. The monoisotopic (exact) mass is 188 g/mol. The fourth-order valence-electron chi connectivity index (χ4n) is 0.296. The standard InChI is InChI=1S/C5H11NO3P.Na.H/c1-3-8-6-4-5-9-10(2)7;;/h4H,3,5H2,1-2H3;;/q2*+1;-1. The molecular weight excluding hydrogens is 176 g/mol. The van der Waals surface area contributed by atoms with Crippen LogP contribution in [0, 0.1) is 0 Å². The molecule has 0 saturated carbocycles. The average molecular weight is 188 g/mol. The zero-order valence-corrected chi connectivity index (χ0v) is 10.0. The Labute approximate surface area is 91.0 Å². The van der Waals surface area contributed by atoms with E-state index in [9.17, 15) is 4.57 Å². The second-order valence-electron chi connectivity index (χ2n) is 1.44. The molecule has 0 saturated heterocycles. The first-order valence-electron chi connectivity index (χ1n) is 2.95. The second kappa shape index (κ2) is 10.5. The molecule has 11 heavy (non-hydrogen) atoms. The van der Waals surface area contributed by atoms with Crippen molar-refractivity contribution in [2.45, 2.75) is 6.92 Å². The van der Waals surface area contributed by atoms with Gasteiger partial charge in [-0.05, 0) is 11.5 Å². The summed E-state index contributed by atoms with van der Waals surface area (Å²) in [7, 11) is -1.52. The summed E-state index contributed by atoms with van der Waals surface area (Å²) < 4.78 is 15.0. The molecule has 0 heterocycles. The molecule has 0 fully saturated rings. The molecule has 6 heteroatoms. The molecule has 0 rings (SSSR count). The molecule has 0 aromatic carbocycles. The van der Waals surface area contributed by atoms with Gasteiger partial charge in [0.1, 0.15) is 13.2 Å². The average Bonchev–Trinajstić information content (AvgIpc) is 1.87. The Bertz CT molecular complexity index is 136. The molecule has 0 N–H and O–H groups in total. The van der Waals surface area contributed by atoms with Gasteiger partial charge in [-0.2, -0.15) is 0 Å². The molecule has 0 aromatic heterocycles. The molecular formula is C5H12NNaO3P+. The molecule has 0 radical (unpaired) electrons. The van der Waals surface area contributed by atoms with Crippen LogP contribution in [-0.4, -0.2) is 26.1 Å². The molecule has 1 unspecified atom stereocenters. The molecule has 0 spiro atoms. The van der Waals surface area contributed by atoms with Gasteiger partial charge in [0, 0.05) is 0 Å². The normalized spacial score (nSPS) is 10.9. The number of hydrogen-bond donors (Lipinski definition) is 0. The first kappa shape index (κ1) is 14.1. The van der Waals surface area contributed by atoms with Crippen LogP contribution in [0.3, 0.4) is 0 Å². The van der Waals surface area contributed by atoms with E-state index in [0.717, 1.165) is 0 Å². The third-order valence-corrected chi connectivity index (χ3v) is 1.12. The van der Waals surface area contributed by atoms with Crippen LogP contribution in [0.5, 0.6) is 0 Å². The van der Waals surface area contributed by atoms with Crippen LogP contribution in [-0.2, 0) is 13.9 Å². The predicted octanol–water partition coefficient (Wildman–Crippen LogP) is -1.49. The molecule has 0 aromatic rings. The van der Waals surface area contributed by atoms with Crippen molar-refractivity contribution in [2.75, 3.05) is 19.9 Å². The summed E-state index contributed by atoms with van der Waals surface area (Å²) in [5.41, 5.74) is 0. The smallest absolute Gasteiger partial charge is 1.00 e. The fraction of sp³-hybridized carbons (Fsp3) is 0.800. The van der Waals surface area contributed by atoms with E-state index in [1.54, 1.807) is 0 Å². The fourth-order valence-corrected chi connectivity index (χ4v) is 0.573. The number of nitrogens with zero attached hydrogens (tertiary/aromatic N) is 1. The Balaban J connectivity index is -0.000000405. The predicted molar refractivity (Wildman–Crippen MR) is 40.7 cm³/mol. The quantitative estimate of drug-likeness (QED) is 0.229. The minimum absolute atomic E-state index is 0. The number of rotatable bonds is 5. The summed E-state index contributed by atoms with van der Waals surface area (Å²) >= 11 is 0. The molecule has 0 aliphatic carbocycles.